The Morgan fingerprint density at radius 2 is 1.69 bits per heavy atom. The van der Waals surface area contributed by atoms with Crippen LogP contribution in [0.4, 0.5) is 0 Å². The van der Waals surface area contributed by atoms with E-state index in [2.05, 4.69) is 5.32 Å². The van der Waals surface area contributed by atoms with E-state index in [1.807, 2.05) is 30.3 Å². The molecule has 0 heterocycles. The summed E-state index contributed by atoms with van der Waals surface area (Å²) in [6.45, 7) is 0.892. The molecule has 0 atom stereocenters. The van der Waals surface area contributed by atoms with Gasteiger partial charge < -0.3 is 10.6 Å². The van der Waals surface area contributed by atoms with E-state index in [4.69, 9.17) is 29.6 Å². The SMILES string of the molecule is NC(=O)CCN(CCc1ccccc1)C(=S)NC(=O)c1ccccc1Cl. The number of hydrogen-bond donors (Lipinski definition) is 2. The number of nitrogens with two attached hydrogens (primary N) is 1. The van der Waals surface area contributed by atoms with Gasteiger partial charge in [0.1, 0.15) is 0 Å². The number of rotatable bonds is 7. The van der Waals surface area contributed by atoms with Crippen molar-refractivity contribution in [3.63, 3.8) is 0 Å². The van der Waals surface area contributed by atoms with E-state index in [1.54, 1.807) is 29.2 Å². The molecule has 2 amide bonds. The van der Waals surface area contributed by atoms with Crippen LogP contribution in [0.25, 0.3) is 0 Å². The largest absolute Gasteiger partial charge is 0.370 e. The number of thiocarbonyl (C=S) groups is 1. The monoisotopic (exact) mass is 389 g/mol. The first-order chi connectivity index (χ1) is 12.5. The fraction of sp³-hybridized carbons (Fsp3) is 0.211. The molecular formula is C19H20ClN3O2S. The van der Waals surface area contributed by atoms with Crippen LogP contribution in [0, 0.1) is 0 Å². The first kappa shape index (κ1) is 19.9. The van der Waals surface area contributed by atoms with Gasteiger partial charge >= 0.3 is 0 Å². The second-order valence-corrected chi connectivity index (χ2v) is 6.47. The molecule has 0 unspecified atom stereocenters. The zero-order valence-corrected chi connectivity index (χ0v) is 15.7. The molecule has 0 saturated carbocycles. The molecule has 26 heavy (non-hydrogen) atoms. The zero-order valence-electron chi connectivity index (χ0n) is 14.2. The van der Waals surface area contributed by atoms with Crippen LogP contribution in [0.5, 0.6) is 0 Å². The molecule has 0 aliphatic carbocycles. The van der Waals surface area contributed by atoms with Crippen molar-refractivity contribution in [2.75, 3.05) is 13.1 Å². The lowest BCUT2D eigenvalue weighted by Gasteiger charge is -2.25. The van der Waals surface area contributed by atoms with Crippen molar-refractivity contribution in [2.24, 2.45) is 5.73 Å². The molecule has 0 radical (unpaired) electrons. The number of benzene rings is 2. The second-order valence-electron chi connectivity index (χ2n) is 5.68. The van der Waals surface area contributed by atoms with Gasteiger partial charge in [0.2, 0.25) is 5.91 Å². The van der Waals surface area contributed by atoms with Crippen molar-refractivity contribution < 1.29 is 9.59 Å². The highest BCUT2D eigenvalue weighted by atomic mass is 35.5. The molecule has 136 valence electrons. The van der Waals surface area contributed by atoms with Crippen LogP contribution in [0.3, 0.4) is 0 Å². The van der Waals surface area contributed by atoms with Crippen LogP contribution in [0.1, 0.15) is 22.3 Å². The average Bonchev–Trinajstić information content (AvgIpc) is 2.62. The van der Waals surface area contributed by atoms with Crippen LogP contribution in [-0.4, -0.2) is 34.9 Å². The number of carbonyl (C=O) groups excluding carboxylic acids is 2. The van der Waals surface area contributed by atoms with Gasteiger partial charge in [0, 0.05) is 19.5 Å². The van der Waals surface area contributed by atoms with Crippen molar-refractivity contribution in [1.29, 1.82) is 0 Å². The Morgan fingerprint density at radius 1 is 1.04 bits per heavy atom. The van der Waals surface area contributed by atoms with E-state index in [9.17, 15) is 9.59 Å². The summed E-state index contributed by atoms with van der Waals surface area (Å²) in [7, 11) is 0. The molecule has 5 nitrogen and oxygen atoms in total. The Hall–Kier alpha value is -2.44. The first-order valence-electron chi connectivity index (χ1n) is 8.14. The Labute approximate surface area is 163 Å². The summed E-state index contributed by atoms with van der Waals surface area (Å²) in [6.07, 6.45) is 0.874. The predicted octanol–water partition coefficient (Wildman–Crippen LogP) is 2.77. The lowest BCUT2D eigenvalue weighted by molar-refractivity contribution is -0.118. The van der Waals surface area contributed by atoms with Crippen LogP contribution in [0.15, 0.2) is 54.6 Å². The summed E-state index contributed by atoms with van der Waals surface area (Å²) in [6, 6.07) is 16.6. The minimum absolute atomic E-state index is 0.150. The smallest absolute Gasteiger partial charge is 0.258 e. The van der Waals surface area contributed by atoms with Gasteiger partial charge in [-0.2, -0.15) is 0 Å². The fourth-order valence-electron chi connectivity index (χ4n) is 2.36. The summed E-state index contributed by atoms with van der Waals surface area (Å²) >= 11 is 11.4. The van der Waals surface area contributed by atoms with Crippen molar-refractivity contribution in [2.45, 2.75) is 12.8 Å². The summed E-state index contributed by atoms with van der Waals surface area (Å²) in [4.78, 5) is 25.3. The number of halogens is 1. The quantitative estimate of drug-likeness (QED) is 0.714. The van der Waals surface area contributed by atoms with Gasteiger partial charge in [-0.05, 0) is 36.3 Å². The van der Waals surface area contributed by atoms with E-state index in [1.165, 1.54) is 0 Å². The summed E-state index contributed by atoms with van der Waals surface area (Å²) in [5, 5.41) is 3.27. The minimum atomic E-state index is -0.421. The van der Waals surface area contributed by atoms with E-state index in [0.29, 0.717) is 23.7 Å². The van der Waals surface area contributed by atoms with E-state index in [-0.39, 0.29) is 17.4 Å². The molecule has 0 saturated heterocycles. The fourth-order valence-corrected chi connectivity index (χ4v) is 2.85. The molecule has 2 rings (SSSR count). The van der Waals surface area contributed by atoms with Gasteiger partial charge in [0.05, 0.1) is 10.6 Å². The number of hydrogen-bond acceptors (Lipinski definition) is 3. The van der Waals surface area contributed by atoms with Gasteiger partial charge in [-0.15, -0.1) is 0 Å². The number of carbonyl (C=O) groups is 2. The maximum atomic E-state index is 12.4. The lowest BCUT2D eigenvalue weighted by Crippen LogP contribution is -2.44. The molecule has 0 aromatic heterocycles. The van der Waals surface area contributed by atoms with Crippen LogP contribution >= 0.6 is 23.8 Å². The van der Waals surface area contributed by atoms with E-state index < -0.39 is 5.91 Å². The number of nitrogens with zero attached hydrogens (tertiary/aromatic N) is 1. The topological polar surface area (TPSA) is 75.4 Å². The Kier molecular flexibility index (Phi) is 7.56. The van der Waals surface area contributed by atoms with Crippen LogP contribution < -0.4 is 11.1 Å². The van der Waals surface area contributed by atoms with Crippen molar-refractivity contribution in [1.82, 2.24) is 10.2 Å². The molecule has 0 aliphatic rings. The molecule has 0 aliphatic heterocycles. The van der Waals surface area contributed by atoms with Crippen molar-refractivity contribution in [3.8, 4) is 0 Å². The van der Waals surface area contributed by atoms with Crippen LogP contribution in [0.2, 0.25) is 5.02 Å². The molecule has 0 fully saturated rings. The van der Waals surface area contributed by atoms with Crippen molar-refractivity contribution >= 4 is 40.7 Å². The normalized spacial score (nSPS) is 10.2. The first-order valence-corrected chi connectivity index (χ1v) is 8.93. The molecular weight excluding hydrogens is 370 g/mol. The highest BCUT2D eigenvalue weighted by molar-refractivity contribution is 7.80. The highest BCUT2D eigenvalue weighted by Gasteiger charge is 2.16. The van der Waals surface area contributed by atoms with Gasteiger partial charge in [0.25, 0.3) is 5.91 Å². The Bertz CT molecular complexity index is 783. The summed E-state index contributed by atoms with van der Waals surface area (Å²) in [5.41, 5.74) is 6.72. The molecule has 0 bridgehead atoms. The number of nitrogens with one attached hydrogen (secondary N) is 1. The number of primary amides is 1. The van der Waals surface area contributed by atoms with Gasteiger partial charge in [-0.1, -0.05) is 54.1 Å². The van der Waals surface area contributed by atoms with Gasteiger partial charge in [-0.25, -0.2) is 0 Å². The molecule has 0 spiro atoms. The minimum Gasteiger partial charge on any atom is -0.370 e. The molecule has 3 N–H and O–H groups in total. The molecule has 2 aromatic carbocycles. The Balaban J connectivity index is 2.03. The number of amides is 2. The predicted molar refractivity (Wildman–Crippen MR) is 107 cm³/mol. The Morgan fingerprint density at radius 3 is 2.35 bits per heavy atom. The van der Waals surface area contributed by atoms with Gasteiger partial charge in [-0.3, -0.25) is 14.9 Å². The molecule has 2 aromatic rings. The third-order valence-corrected chi connectivity index (χ3v) is 4.46. The van der Waals surface area contributed by atoms with E-state index >= 15 is 0 Å². The molecule has 7 heteroatoms. The van der Waals surface area contributed by atoms with Gasteiger partial charge in [0.15, 0.2) is 5.11 Å². The third-order valence-electron chi connectivity index (χ3n) is 3.77. The average molecular weight is 390 g/mol. The maximum Gasteiger partial charge on any atom is 0.258 e. The maximum absolute atomic E-state index is 12.4. The summed E-state index contributed by atoms with van der Waals surface area (Å²) < 4.78 is 0. The standard InChI is InChI=1S/C19H20ClN3O2S/c20-16-9-5-4-8-15(16)18(25)22-19(26)23(13-11-17(21)24)12-10-14-6-2-1-3-7-14/h1-9H,10-13H2,(H2,21,24)(H,22,25,26). The van der Waals surface area contributed by atoms with Crippen LogP contribution in [-0.2, 0) is 11.2 Å². The third kappa shape index (κ3) is 6.13. The highest BCUT2D eigenvalue weighted by Crippen LogP contribution is 2.14. The van der Waals surface area contributed by atoms with Crippen molar-refractivity contribution in [3.05, 3.63) is 70.7 Å². The lowest BCUT2D eigenvalue weighted by atomic mass is 10.1. The second kappa shape index (κ2) is 9.89. The summed E-state index contributed by atoms with van der Waals surface area (Å²) in [5.74, 6) is -0.806. The zero-order chi connectivity index (χ0) is 18.9. The van der Waals surface area contributed by atoms with E-state index in [0.717, 1.165) is 12.0 Å².